The van der Waals surface area contributed by atoms with E-state index in [1.165, 1.54) is 0 Å². The van der Waals surface area contributed by atoms with Gasteiger partial charge in [-0.05, 0) is 26.3 Å². The minimum absolute atomic E-state index is 0.200. The smallest absolute Gasteiger partial charge is 0.410 e. The molecule has 0 aromatic carbocycles. The average Bonchev–Trinajstić information content (AvgIpc) is 2.85. The number of likely N-dealkylation sites (tertiary alicyclic amines) is 1. The molecule has 1 aromatic heterocycles. The second-order valence-electron chi connectivity index (χ2n) is 5.44. The lowest BCUT2D eigenvalue weighted by Gasteiger charge is -2.37. The van der Waals surface area contributed by atoms with E-state index in [1.54, 1.807) is 23.3 Å². The van der Waals surface area contributed by atoms with Crippen LogP contribution in [0.25, 0.3) is 0 Å². The molecule has 0 radical (unpaired) electrons. The molecule has 1 unspecified atom stereocenters. The summed E-state index contributed by atoms with van der Waals surface area (Å²) in [5, 5.41) is 10.2. The third-order valence-corrected chi connectivity index (χ3v) is 4.51. The minimum Gasteiger partial charge on any atom is -0.440 e. The van der Waals surface area contributed by atoms with Crippen molar-refractivity contribution in [1.82, 2.24) is 20.0 Å². The molecular formula is C12H18N4O2S. The fourth-order valence-corrected chi connectivity index (χ4v) is 3.67. The third-order valence-electron chi connectivity index (χ3n) is 3.69. The molecule has 1 spiro atoms. The first kappa shape index (κ1) is 12.8. The van der Waals surface area contributed by atoms with Crippen LogP contribution in [0, 0.1) is 6.92 Å². The van der Waals surface area contributed by atoms with Crippen LogP contribution in [0.2, 0.25) is 0 Å². The number of hydrogen-bond acceptors (Lipinski definition) is 6. The minimum atomic E-state index is -0.316. The van der Waals surface area contributed by atoms with Crippen LogP contribution in [0.15, 0.2) is 0 Å². The zero-order valence-electron chi connectivity index (χ0n) is 11.3. The van der Waals surface area contributed by atoms with Crippen molar-refractivity contribution in [1.29, 1.82) is 0 Å². The van der Waals surface area contributed by atoms with Crippen LogP contribution in [-0.2, 0) is 11.3 Å². The summed E-state index contributed by atoms with van der Waals surface area (Å²) < 4.78 is 5.59. The molecule has 6 nitrogen and oxygen atoms in total. The van der Waals surface area contributed by atoms with Crippen molar-refractivity contribution >= 4 is 17.4 Å². The van der Waals surface area contributed by atoms with Crippen LogP contribution in [0.4, 0.5) is 4.79 Å². The number of hydrogen-bond donors (Lipinski definition) is 0. The quantitative estimate of drug-likeness (QED) is 0.817. The van der Waals surface area contributed by atoms with Crippen LogP contribution in [-0.4, -0.2) is 58.4 Å². The van der Waals surface area contributed by atoms with Gasteiger partial charge in [-0.25, -0.2) is 4.79 Å². The van der Waals surface area contributed by atoms with E-state index in [9.17, 15) is 4.79 Å². The van der Waals surface area contributed by atoms with E-state index < -0.39 is 0 Å². The summed E-state index contributed by atoms with van der Waals surface area (Å²) in [6, 6.07) is 0. The Labute approximate surface area is 116 Å². The summed E-state index contributed by atoms with van der Waals surface area (Å²) in [5.41, 5.74) is -0.316. The first-order valence-electron chi connectivity index (χ1n) is 6.52. The van der Waals surface area contributed by atoms with Gasteiger partial charge in [0.2, 0.25) is 0 Å². The Balaban J connectivity index is 1.67. The number of carbonyl (C=O) groups excluding carboxylic acids is 1. The Morgan fingerprint density at radius 3 is 2.89 bits per heavy atom. The standard InChI is InChI=1S/C12H18N4O2S/c1-9-13-14-10(19-9)6-16-5-3-4-12(8-16)7-15(2)11(17)18-12/h3-8H2,1-2H3. The van der Waals surface area contributed by atoms with Gasteiger partial charge < -0.3 is 9.64 Å². The zero-order chi connectivity index (χ0) is 13.5. The molecule has 2 aliphatic heterocycles. The SMILES string of the molecule is Cc1nnc(CN2CCCC3(C2)CN(C)C(=O)O3)s1. The first-order chi connectivity index (χ1) is 9.06. The molecule has 0 aliphatic carbocycles. The van der Waals surface area contributed by atoms with Gasteiger partial charge in [0.1, 0.15) is 15.6 Å². The van der Waals surface area contributed by atoms with Crippen LogP contribution in [0.5, 0.6) is 0 Å². The number of aromatic nitrogens is 2. The Bertz CT molecular complexity index is 492. The molecule has 7 heteroatoms. The van der Waals surface area contributed by atoms with Gasteiger partial charge in [-0.1, -0.05) is 0 Å². The number of nitrogens with zero attached hydrogens (tertiary/aromatic N) is 4. The lowest BCUT2D eigenvalue weighted by molar-refractivity contribution is -0.0114. The Hall–Kier alpha value is -1.21. The molecule has 104 valence electrons. The van der Waals surface area contributed by atoms with Crippen LogP contribution in [0.1, 0.15) is 22.9 Å². The van der Waals surface area contributed by atoms with Crippen molar-refractivity contribution < 1.29 is 9.53 Å². The largest absolute Gasteiger partial charge is 0.440 e. The summed E-state index contributed by atoms with van der Waals surface area (Å²) in [6.07, 6.45) is 1.81. The molecule has 2 aliphatic rings. The van der Waals surface area contributed by atoms with Crippen molar-refractivity contribution in [3.8, 4) is 0 Å². The monoisotopic (exact) mass is 282 g/mol. The highest BCUT2D eigenvalue weighted by Crippen LogP contribution is 2.32. The van der Waals surface area contributed by atoms with Gasteiger partial charge in [-0.15, -0.1) is 21.5 Å². The molecule has 0 saturated carbocycles. The van der Waals surface area contributed by atoms with Gasteiger partial charge in [0.05, 0.1) is 13.1 Å². The Morgan fingerprint density at radius 2 is 2.26 bits per heavy atom. The van der Waals surface area contributed by atoms with E-state index >= 15 is 0 Å². The maximum absolute atomic E-state index is 11.6. The fraction of sp³-hybridized carbons (Fsp3) is 0.750. The van der Waals surface area contributed by atoms with Crippen molar-refractivity contribution in [2.75, 3.05) is 26.7 Å². The number of likely N-dealkylation sites (N-methyl/N-ethyl adjacent to an activating group) is 1. The zero-order valence-corrected chi connectivity index (χ0v) is 12.1. The van der Waals surface area contributed by atoms with E-state index in [-0.39, 0.29) is 11.7 Å². The van der Waals surface area contributed by atoms with Crippen LogP contribution in [0.3, 0.4) is 0 Å². The maximum atomic E-state index is 11.6. The molecule has 2 saturated heterocycles. The fourth-order valence-electron chi connectivity index (χ4n) is 2.92. The number of rotatable bonds is 2. The molecule has 3 heterocycles. The van der Waals surface area contributed by atoms with Crippen molar-refractivity contribution in [3.63, 3.8) is 0 Å². The van der Waals surface area contributed by atoms with Crippen LogP contribution >= 0.6 is 11.3 Å². The Morgan fingerprint density at radius 1 is 1.42 bits per heavy atom. The number of carbonyl (C=O) groups is 1. The van der Waals surface area contributed by atoms with E-state index in [0.29, 0.717) is 6.54 Å². The summed E-state index contributed by atoms with van der Waals surface area (Å²) in [5.74, 6) is 0. The summed E-state index contributed by atoms with van der Waals surface area (Å²) in [4.78, 5) is 15.6. The first-order valence-corrected chi connectivity index (χ1v) is 7.33. The Kier molecular flexibility index (Phi) is 3.18. The van der Waals surface area contributed by atoms with Gasteiger partial charge in [0.25, 0.3) is 0 Å². The maximum Gasteiger partial charge on any atom is 0.410 e. The number of piperidine rings is 1. The van der Waals surface area contributed by atoms with E-state index in [4.69, 9.17) is 4.74 Å². The van der Waals surface area contributed by atoms with Gasteiger partial charge in [-0.3, -0.25) is 4.90 Å². The number of ether oxygens (including phenoxy) is 1. The summed E-state index contributed by atoms with van der Waals surface area (Å²) in [7, 11) is 1.80. The van der Waals surface area contributed by atoms with Crippen molar-refractivity contribution in [2.24, 2.45) is 0 Å². The molecule has 2 fully saturated rings. The molecule has 3 rings (SSSR count). The van der Waals surface area contributed by atoms with Gasteiger partial charge in [0, 0.05) is 13.6 Å². The number of amides is 1. The van der Waals surface area contributed by atoms with Crippen molar-refractivity contribution in [3.05, 3.63) is 10.0 Å². The molecule has 1 aromatic rings. The van der Waals surface area contributed by atoms with E-state index in [0.717, 1.165) is 42.5 Å². The molecular weight excluding hydrogens is 264 g/mol. The molecule has 1 atom stereocenters. The second kappa shape index (κ2) is 4.72. The normalized spacial score (nSPS) is 28.1. The van der Waals surface area contributed by atoms with Gasteiger partial charge in [-0.2, -0.15) is 0 Å². The van der Waals surface area contributed by atoms with Crippen molar-refractivity contribution in [2.45, 2.75) is 31.9 Å². The molecule has 1 amide bonds. The molecule has 0 N–H and O–H groups in total. The van der Waals surface area contributed by atoms with Gasteiger partial charge >= 0.3 is 6.09 Å². The lowest BCUT2D eigenvalue weighted by atomic mass is 9.93. The molecule has 0 bridgehead atoms. The molecule has 19 heavy (non-hydrogen) atoms. The second-order valence-corrected chi connectivity index (χ2v) is 6.70. The third kappa shape index (κ3) is 2.57. The highest BCUT2D eigenvalue weighted by Gasteiger charge is 2.46. The van der Waals surface area contributed by atoms with E-state index in [2.05, 4.69) is 15.1 Å². The number of aryl methyl sites for hydroxylation is 1. The highest BCUT2D eigenvalue weighted by molar-refractivity contribution is 7.11. The topological polar surface area (TPSA) is 58.6 Å². The van der Waals surface area contributed by atoms with E-state index in [1.807, 2.05) is 6.92 Å². The summed E-state index contributed by atoms with van der Waals surface area (Å²) >= 11 is 1.63. The average molecular weight is 282 g/mol. The summed E-state index contributed by atoms with van der Waals surface area (Å²) in [6.45, 7) is 5.28. The predicted molar refractivity (Wildman–Crippen MR) is 71.0 cm³/mol. The van der Waals surface area contributed by atoms with Gasteiger partial charge in [0.15, 0.2) is 0 Å². The lowest BCUT2D eigenvalue weighted by Crippen LogP contribution is -2.50. The highest BCUT2D eigenvalue weighted by atomic mass is 32.1. The van der Waals surface area contributed by atoms with Crippen LogP contribution < -0.4 is 0 Å². The predicted octanol–water partition coefficient (Wildman–Crippen LogP) is 1.26.